The quantitative estimate of drug-likeness (QED) is 0.0677. The van der Waals surface area contributed by atoms with Crippen molar-refractivity contribution in [3.8, 4) is 0 Å². The molecule has 0 radical (unpaired) electrons. The Morgan fingerprint density at radius 1 is 0.882 bits per heavy atom. The van der Waals surface area contributed by atoms with E-state index in [-0.39, 0.29) is 29.8 Å². The summed E-state index contributed by atoms with van der Waals surface area (Å²) in [5, 5.41) is 0. The summed E-state index contributed by atoms with van der Waals surface area (Å²) >= 11 is 6.03. The summed E-state index contributed by atoms with van der Waals surface area (Å²) < 4.78 is 13.9. The van der Waals surface area contributed by atoms with Crippen LogP contribution in [0.25, 0.3) is 0 Å². The third-order valence-corrected chi connectivity index (χ3v) is 18.5. The third-order valence-electron chi connectivity index (χ3n) is 8.85. The normalized spacial score (nSPS) is 16.7. The van der Waals surface area contributed by atoms with Gasteiger partial charge in [-0.2, -0.15) is 0 Å². The van der Waals surface area contributed by atoms with Gasteiger partial charge in [0.25, 0.3) is 0 Å². The fourth-order valence-corrected chi connectivity index (χ4v) is 11.3. The van der Waals surface area contributed by atoms with Crippen LogP contribution in [0.15, 0.2) is 12.7 Å². The topological polar surface area (TPSA) is 35.5 Å². The molecule has 0 aliphatic rings. The Morgan fingerprint density at radius 2 is 1.32 bits per heavy atom. The molecule has 0 rings (SSSR count). The van der Waals surface area contributed by atoms with Crippen molar-refractivity contribution in [2.45, 2.75) is 137 Å². The number of hydrogen-bond donors (Lipinski definition) is 0. The van der Waals surface area contributed by atoms with Crippen molar-refractivity contribution in [3.63, 3.8) is 0 Å². The first kappa shape index (κ1) is 34.1. The second kappa shape index (κ2) is 16.0. The molecule has 0 fully saturated rings. The van der Waals surface area contributed by atoms with Gasteiger partial charge in [-0.1, -0.05) is 74.8 Å². The molecule has 6 heteroatoms. The molecule has 202 valence electrons. The SMILES string of the molecule is C=C[C@H](C)C(O[Si](CC)(CC)CC)[C@@H](CCCCCl)C(=O)C(C)(C)C(C)O[Si](CC)(CC)CC. The summed E-state index contributed by atoms with van der Waals surface area (Å²) in [7, 11) is -3.73. The Hall–Kier alpha value is 0.0538. The van der Waals surface area contributed by atoms with E-state index in [1.165, 1.54) is 0 Å². The maximum atomic E-state index is 14.4. The van der Waals surface area contributed by atoms with E-state index < -0.39 is 22.0 Å². The standard InChI is InChI=1S/C28H57ClO3Si2/c1-12-23(8)26(32-34(16-5,17-6)18-7)25(21-19-20-22-29)27(30)28(10,11)24(9)31-33(13-2,14-3)15-4/h12,23-26H,1,13-22H2,2-11H3/t23-,24?,25+,26?/m0/s1. The van der Waals surface area contributed by atoms with Gasteiger partial charge in [0.2, 0.25) is 0 Å². The number of unbranched alkanes of at least 4 members (excludes halogenated alkanes) is 1. The van der Waals surface area contributed by atoms with Crippen LogP contribution < -0.4 is 0 Å². The molecule has 3 nitrogen and oxygen atoms in total. The minimum absolute atomic E-state index is 0.115. The van der Waals surface area contributed by atoms with Crippen molar-refractivity contribution in [1.29, 1.82) is 0 Å². The molecule has 0 N–H and O–H groups in total. The minimum Gasteiger partial charge on any atom is -0.413 e. The van der Waals surface area contributed by atoms with Crippen molar-refractivity contribution in [2.24, 2.45) is 17.3 Å². The molecule has 0 aromatic carbocycles. The minimum atomic E-state index is -1.91. The predicted molar refractivity (Wildman–Crippen MR) is 156 cm³/mol. The molecule has 0 aromatic rings. The van der Waals surface area contributed by atoms with Gasteiger partial charge in [0, 0.05) is 17.2 Å². The molecule has 4 atom stereocenters. The van der Waals surface area contributed by atoms with Gasteiger partial charge in [-0.05, 0) is 61.9 Å². The van der Waals surface area contributed by atoms with E-state index in [4.69, 9.17) is 20.5 Å². The molecule has 0 amide bonds. The zero-order valence-electron chi connectivity index (χ0n) is 24.3. The lowest BCUT2D eigenvalue weighted by molar-refractivity contribution is -0.140. The molecular formula is C28H57ClO3Si2. The van der Waals surface area contributed by atoms with Crippen LogP contribution in [0.3, 0.4) is 0 Å². The zero-order valence-corrected chi connectivity index (χ0v) is 27.0. The largest absolute Gasteiger partial charge is 0.413 e. The second-order valence-corrected chi connectivity index (χ2v) is 20.6. The van der Waals surface area contributed by atoms with Crippen molar-refractivity contribution >= 4 is 34.0 Å². The van der Waals surface area contributed by atoms with Gasteiger partial charge in [-0.15, -0.1) is 18.2 Å². The summed E-state index contributed by atoms with van der Waals surface area (Å²) in [5.41, 5.74) is -0.583. The fraction of sp³-hybridized carbons (Fsp3) is 0.893. The Labute approximate surface area is 220 Å². The molecular weight excluding hydrogens is 476 g/mol. The number of ketones is 1. The number of Topliss-reactive ketones (excluding diaryl/α,β-unsaturated/α-hetero) is 1. The van der Waals surface area contributed by atoms with E-state index in [1.807, 2.05) is 6.08 Å². The van der Waals surface area contributed by atoms with Crippen LogP contribution in [0, 0.1) is 17.3 Å². The van der Waals surface area contributed by atoms with E-state index in [0.29, 0.717) is 5.88 Å². The van der Waals surface area contributed by atoms with E-state index >= 15 is 0 Å². The number of halogens is 1. The molecule has 2 unspecified atom stereocenters. The molecule has 0 aliphatic carbocycles. The van der Waals surface area contributed by atoms with Gasteiger partial charge < -0.3 is 8.85 Å². The lowest BCUT2D eigenvalue weighted by Gasteiger charge is -2.44. The summed E-state index contributed by atoms with van der Waals surface area (Å²) in [6.45, 7) is 26.1. The van der Waals surface area contributed by atoms with Gasteiger partial charge in [0.05, 0.1) is 12.2 Å². The van der Waals surface area contributed by atoms with Crippen molar-refractivity contribution in [2.75, 3.05) is 5.88 Å². The van der Waals surface area contributed by atoms with Crippen LogP contribution in [0.4, 0.5) is 0 Å². The number of carbonyl (C=O) groups excluding carboxylic acids is 1. The van der Waals surface area contributed by atoms with Crippen LogP contribution in [0.5, 0.6) is 0 Å². The van der Waals surface area contributed by atoms with Crippen molar-refractivity contribution in [3.05, 3.63) is 12.7 Å². The lowest BCUT2D eigenvalue weighted by Crippen LogP contribution is -2.52. The highest BCUT2D eigenvalue weighted by Gasteiger charge is 2.46. The Morgan fingerprint density at radius 3 is 1.71 bits per heavy atom. The third kappa shape index (κ3) is 8.86. The Balaban J connectivity index is 6.28. The van der Waals surface area contributed by atoms with Crippen molar-refractivity contribution in [1.82, 2.24) is 0 Å². The maximum Gasteiger partial charge on any atom is 0.192 e. The smallest absolute Gasteiger partial charge is 0.192 e. The molecule has 34 heavy (non-hydrogen) atoms. The van der Waals surface area contributed by atoms with Crippen LogP contribution >= 0.6 is 11.6 Å². The Kier molecular flexibility index (Phi) is 16.0. The summed E-state index contributed by atoms with van der Waals surface area (Å²) in [4.78, 5) is 14.4. The average molecular weight is 533 g/mol. The molecule has 0 aromatic heterocycles. The first-order valence-electron chi connectivity index (χ1n) is 14.0. The van der Waals surface area contributed by atoms with E-state index in [2.05, 4.69) is 75.8 Å². The van der Waals surface area contributed by atoms with Crippen LogP contribution in [0.2, 0.25) is 36.3 Å². The first-order valence-corrected chi connectivity index (χ1v) is 19.6. The molecule has 0 saturated heterocycles. The molecule has 0 saturated carbocycles. The highest BCUT2D eigenvalue weighted by molar-refractivity contribution is 6.74. The molecule has 0 bridgehead atoms. The van der Waals surface area contributed by atoms with E-state index in [0.717, 1.165) is 55.5 Å². The van der Waals surface area contributed by atoms with Crippen LogP contribution in [0.1, 0.15) is 88.5 Å². The van der Waals surface area contributed by atoms with E-state index in [9.17, 15) is 4.79 Å². The van der Waals surface area contributed by atoms with Gasteiger partial charge >= 0.3 is 0 Å². The first-order chi connectivity index (χ1) is 15.9. The number of alkyl halides is 1. The lowest BCUT2D eigenvalue weighted by atomic mass is 9.72. The number of hydrogen-bond acceptors (Lipinski definition) is 3. The highest BCUT2D eigenvalue weighted by atomic mass is 35.5. The summed E-state index contributed by atoms with van der Waals surface area (Å²) in [5.74, 6) is 0.853. The predicted octanol–water partition coefficient (Wildman–Crippen LogP) is 9.23. The van der Waals surface area contributed by atoms with E-state index in [1.54, 1.807) is 0 Å². The maximum absolute atomic E-state index is 14.4. The second-order valence-electron chi connectivity index (χ2n) is 10.8. The molecule has 0 heterocycles. The number of rotatable bonds is 20. The summed E-state index contributed by atoms with van der Waals surface area (Å²) in [6, 6.07) is 6.48. The van der Waals surface area contributed by atoms with Gasteiger partial charge in [0.15, 0.2) is 16.6 Å². The fourth-order valence-electron chi connectivity index (χ4n) is 5.08. The van der Waals surface area contributed by atoms with Crippen molar-refractivity contribution < 1.29 is 13.6 Å². The van der Waals surface area contributed by atoms with Gasteiger partial charge in [-0.3, -0.25) is 4.79 Å². The Bertz CT molecular complexity index is 572. The summed E-state index contributed by atoms with van der Waals surface area (Å²) in [6.07, 6.45) is 4.39. The van der Waals surface area contributed by atoms with Gasteiger partial charge in [0.1, 0.15) is 5.78 Å². The molecule has 0 spiro atoms. The van der Waals surface area contributed by atoms with Crippen LogP contribution in [-0.2, 0) is 13.6 Å². The number of carbonyl (C=O) groups is 1. The van der Waals surface area contributed by atoms with Gasteiger partial charge in [-0.25, -0.2) is 0 Å². The van der Waals surface area contributed by atoms with Crippen LogP contribution in [-0.4, -0.2) is 40.5 Å². The zero-order chi connectivity index (χ0) is 26.6. The monoisotopic (exact) mass is 532 g/mol. The molecule has 0 aliphatic heterocycles. The average Bonchev–Trinajstić information content (AvgIpc) is 2.86. The highest BCUT2D eigenvalue weighted by Crippen LogP contribution is 2.39.